The van der Waals surface area contributed by atoms with Crippen molar-refractivity contribution >= 4 is 0 Å². The zero-order chi connectivity index (χ0) is 12.3. The first-order valence-electron chi connectivity index (χ1n) is 7.60. The molecule has 1 saturated carbocycles. The van der Waals surface area contributed by atoms with E-state index in [9.17, 15) is 0 Å². The van der Waals surface area contributed by atoms with Crippen molar-refractivity contribution in [1.82, 2.24) is 4.90 Å². The zero-order valence-electron chi connectivity index (χ0n) is 11.8. The van der Waals surface area contributed by atoms with Gasteiger partial charge in [0.1, 0.15) is 0 Å². The van der Waals surface area contributed by atoms with Crippen LogP contribution in [-0.2, 0) is 0 Å². The van der Waals surface area contributed by atoms with E-state index in [1.54, 1.807) is 0 Å². The van der Waals surface area contributed by atoms with E-state index < -0.39 is 0 Å². The molecule has 0 radical (unpaired) electrons. The largest absolute Gasteiger partial charge is 0.329 e. The summed E-state index contributed by atoms with van der Waals surface area (Å²) in [5, 5.41) is 0. The predicted molar refractivity (Wildman–Crippen MR) is 74.1 cm³/mol. The molecule has 1 atom stereocenters. The lowest BCUT2D eigenvalue weighted by Gasteiger charge is -2.40. The average molecular weight is 238 g/mol. The molecule has 2 heteroatoms. The van der Waals surface area contributed by atoms with Crippen LogP contribution in [0.4, 0.5) is 0 Å². The Kier molecular flexibility index (Phi) is 4.48. The van der Waals surface area contributed by atoms with Gasteiger partial charge >= 0.3 is 0 Å². The third-order valence-electron chi connectivity index (χ3n) is 5.01. The van der Waals surface area contributed by atoms with Crippen molar-refractivity contribution in [3.63, 3.8) is 0 Å². The van der Waals surface area contributed by atoms with Gasteiger partial charge in [-0.25, -0.2) is 0 Å². The minimum atomic E-state index is 0.388. The molecular formula is C15H30N2. The maximum Gasteiger partial charge on any atom is 0.0226 e. The van der Waals surface area contributed by atoms with Crippen molar-refractivity contribution < 1.29 is 0 Å². The number of hydrogen-bond acceptors (Lipinski definition) is 2. The Bertz CT molecular complexity index is 231. The van der Waals surface area contributed by atoms with Gasteiger partial charge in [0.2, 0.25) is 0 Å². The van der Waals surface area contributed by atoms with Crippen molar-refractivity contribution in [2.75, 3.05) is 13.1 Å². The van der Waals surface area contributed by atoms with Crippen LogP contribution in [0.25, 0.3) is 0 Å². The van der Waals surface area contributed by atoms with Crippen molar-refractivity contribution in [2.24, 2.45) is 11.7 Å². The fraction of sp³-hybridized carbons (Fsp3) is 1.00. The standard InChI is InChI=1S/C15H30N2/c1-15(2)9-6-10-17(15)14(12-16)11-13-7-4-3-5-8-13/h13-14H,3-12,16H2,1-2H3. The van der Waals surface area contributed by atoms with Gasteiger partial charge in [-0.05, 0) is 45.6 Å². The van der Waals surface area contributed by atoms with Crippen LogP contribution in [0.1, 0.15) is 65.2 Å². The van der Waals surface area contributed by atoms with Crippen LogP contribution < -0.4 is 5.73 Å². The van der Waals surface area contributed by atoms with Crippen LogP contribution in [0.2, 0.25) is 0 Å². The van der Waals surface area contributed by atoms with Crippen LogP contribution in [0.5, 0.6) is 0 Å². The lowest BCUT2D eigenvalue weighted by Crippen LogP contribution is -2.49. The Morgan fingerprint density at radius 2 is 1.88 bits per heavy atom. The quantitative estimate of drug-likeness (QED) is 0.815. The second-order valence-electron chi connectivity index (χ2n) is 6.74. The molecule has 1 aliphatic carbocycles. The first-order valence-corrected chi connectivity index (χ1v) is 7.60. The van der Waals surface area contributed by atoms with Crippen LogP contribution >= 0.6 is 0 Å². The number of likely N-dealkylation sites (tertiary alicyclic amines) is 1. The van der Waals surface area contributed by atoms with Crippen molar-refractivity contribution in [3.8, 4) is 0 Å². The SMILES string of the molecule is CC1(C)CCCN1C(CN)CC1CCCCC1. The highest BCUT2D eigenvalue weighted by molar-refractivity contribution is 4.93. The summed E-state index contributed by atoms with van der Waals surface area (Å²) >= 11 is 0. The smallest absolute Gasteiger partial charge is 0.0226 e. The normalized spacial score (nSPS) is 28.4. The molecule has 2 rings (SSSR count). The zero-order valence-corrected chi connectivity index (χ0v) is 11.8. The van der Waals surface area contributed by atoms with Gasteiger partial charge in [0.25, 0.3) is 0 Å². The molecule has 2 nitrogen and oxygen atoms in total. The topological polar surface area (TPSA) is 29.3 Å². The second kappa shape index (κ2) is 5.71. The lowest BCUT2D eigenvalue weighted by molar-refractivity contribution is 0.0959. The second-order valence-corrected chi connectivity index (χ2v) is 6.74. The van der Waals surface area contributed by atoms with Gasteiger partial charge in [-0.2, -0.15) is 0 Å². The highest BCUT2D eigenvalue weighted by Crippen LogP contribution is 2.34. The summed E-state index contributed by atoms with van der Waals surface area (Å²) in [6.45, 7) is 6.90. The summed E-state index contributed by atoms with van der Waals surface area (Å²) in [6.07, 6.45) is 11.3. The molecule has 2 N–H and O–H groups in total. The third kappa shape index (κ3) is 3.23. The molecule has 0 aromatic heterocycles. The van der Waals surface area contributed by atoms with E-state index >= 15 is 0 Å². The van der Waals surface area contributed by atoms with Crippen molar-refractivity contribution in [1.29, 1.82) is 0 Å². The Balaban J connectivity index is 1.91. The van der Waals surface area contributed by atoms with Crippen LogP contribution in [0.15, 0.2) is 0 Å². The lowest BCUT2D eigenvalue weighted by atomic mass is 9.84. The number of nitrogens with two attached hydrogens (primary N) is 1. The molecular weight excluding hydrogens is 208 g/mol. The first kappa shape index (κ1) is 13.4. The molecule has 0 aromatic rings. The molecule has 1 saturated heterocycles. The maximum absolute atomic E-state index is 6.05. The molecule has 0 spiro atoms. The molecule has 0 amide bonds. The van der Waals surface area contributed by atoms with Crippen LogP contribution in [-0.4, -0.2) is 29.6 Å². The number of hydrogen-bond donors (Lipinski definition) is 1. The van der Waals surface area contributed by atoms with Gasteiger partial charge in [0.15, 0.2) is 0 Å². The van der Waals surface area contributed by atoms with E-state index in [1.807, 2.05) is 0 Å². The van der Waals surface area contributed by atoms with Gasteiger partial charge in [-0.1, -0.05) is 32.1 Å². The molecule has 1 unspecified atom stereocenters. The summed E-state index contributed by atoms with van der Waals surface area (Å²) in [5.41, 5.74) is 6.44. The van der Waals surface area contributed by atoms with E-state index in [2.05, 4.69) is 18.7 Å². The van der Waals surface area contributed by atoms with Crippen molar-refractivity contribution in [2.45, 2.75) is 76.8 Å². The summed E-state index contributed by atoms with van der Waals surface area (Å²) in [4.78, 5) is 2.70. The van der Waals surface area contributed by atoms with E-state index in [1.165, 1.54) is 57.9 Å². The number of rotatable bonds is 4. The minimum Gasteiger partial charge on any atom is -0.329 e. The van der Waals surface area contributed by atoms with E-state index in [4.69, 9.17) is 5.73 Å². The maximum atomic E-state index is 6.05. The molecule has 2 aliphatic rings. The van der Waals surface area contributed by atoms with E-state index in [-0.39, 0.29) is 0 Å². The Morgan fingerprint density at radius 3 is 2.41 bits per heavy atom. The Morgan fingerprint density at radius 1 is 1.18 bits per heavy atom. The van der Waals surface area contributed by atoms with Gasteiger partial charge in [0.05, 0.1) is 0 Å². The van der Waals surface area contributed by atoms with Gasteiger partial charge in [0, 0.05) is 18.1 Å². The Labute approximate surface area is 107 Å². The summed E-state index contributed by atoms with van der Waals surface area (Å²) in [5.74, 6) is 0.952. The summed E-state index contributed by atoms with van der Waals surface area (Å²) in [7, 11) is 0. The molecule has 1 heterocycles. The monoisotopic (exact) mass is 238 g/mol. The van der Waals surface area contributed by atoms with Crippen molar-refractivity contribution in [3.05, 3.63) is 0 Å². The summed E-state index contributed by atoms with van der Waals surface area (Å²) in [6, 6.07) is 0.635. The fourth-order valence-electron chi connectivity index (χ4n) is 3.96. The first-order chi connectivity index (χ1) is 8.13. The Hall–Kier alpha value is -0.0800. The summed E-state index contributed by atoms with van der Waals surface area (Å²) < 4.78 is 0. The highest BCUT2D eigenvalue weighted by atomic mass is 15.2. The molecule has 1 aliphatic heterocycles. The molecule has 100 valence electrons. The molecule has 2 fully saturated rings. The van der Waals surface area contributed by atoms with Crippen LogP contribution in [0, 0.1) is 5.92 Å². The molecule has 0 aromatic carbocycles. The minimum absolute atomic E-state index is 0.388. The van der Waals surface area contributed by atoms with Crippen LogP contribution in [0.3, 0.4) is 0 Å². The molecule has 17 heavy (non-hydrogen) atoms. The fourth-order valence-corrected chi connectivity index (χ4v) is 3.96. The number of nitrogens with zero attached hydrogens (tertiary/aromatic N) is 1. The van der Waals surface area contributed by atoms with E-state index in [0.29, 0.717) is 11.6 Å². The predicted octanol–water partition coefficient (Wildman–Crippen LogP) is 3.16. The van der Waals surface area contributed by atoms with Gasteiger partial charge < -0.3 is 5.73 Å². The van der Waals surface area contributed by atoms with Gasteiger partial charge in [-0.15, -0.1) is 0 Å². The average Bonchev–Trinajstić information content (AvgIpc) is 2.67. The van der Waals surface area contributed by atoms with Gasteiger partial charge in [-0.3, -0.25) is 4.90 Å². The van der Waals surface area contributed by atoms with E-state index in [0.717, 1.165) is 12.5 Å². The molecule has 0 bridgehead atoms. The third-order valence-corrected chi connectivity index (χ3v) is 5.01. The highest BCUT2D eigenvalue weighted by Gasteiger charge is 2.36.